The van der Waals surface area contributed by atoms with Gasteiger partial charge in [-0.1, -0.05) is 15.9 Å². The highest BCUT2D eigenvalue weighted by Crippen LogP contribution is 2.35. The molecule has 1 aromatic carbocycles. The van der Waals surface area contributed by atoms with Crippen molar-refractivity contribution in [1.82, 2.24) is 5.32 Å². The number of hydrogen-bond acceptors (Lipinski definition) is 4. The largest absolute Gasteiger partial charge is 0.397 e. The second kappa shape index (κ2) is 5.71. The molecule has 2 heterocycles. The molecule has 0 spiro atoms. The number of benzene rings is 1. The minimum Gasteiger partial charge on any atom is -0.397 e. The van der Waals surface area contributed by atoms with Crippen molar-refractivity contribution in [3.63, 3.8) is 0 Å². The smallest absolute Gasteiger partial charge is 0.263 e. The summed E-state index contributed by atoms with van der Waals surface area (Å²) in [4.78, 5) is 12.9. The molecule has 106 valence electrons. The van der Waals surface area contributed by atoms with Gasteiger partial charge in [-0.3, -0.25) is 4.79 Å². The van der Waals surface area contributed by atoms with Crippen LogP contribution in [0.5, 0.6) is 0 Å². The van der Waals surface area contributed by atoms with Crippen LogP contribution in [0, 0.1) is 0 Å². The number of carbonyl (C=O) groups excluding carboxylic acids is 1. The van der Waals surface area contributed by atoms with Crippen molar-refractivity contribution in [2.75, 3.05) is 18.9 Å². The van der Waals surface area contributed by atoms with E-state index in [-0.39, 0.29) is 11.9 Å². The molecule has 20 heavy (non-hydrogen) atoms. The van der Waals surface area contributed by atoms with Crippen molar-refractivity contribution >= 4 is 48.9 Å². The summed E-state index contributed by atoms with van der Waals surface area (Å²) in [6.45, 7) is 1.37. The number of rotatable bonds is 2. The van der Waals surface area contributed by atoms with Gasteiger partial charge in [0.2, 0.25) is 0 Å². The second-order valence-corrected chi connectivity index (χ2v) is 6.84. The lowest BCUT2D eigenvalue weighted by molar-refractivity contribution is 0.0626. The molecule has 1 aromatic heterocycles. The van der Waals surface area contributed by atoms with Crippen molar-refractivity contribution in [2.45, 2.75) is 18.9 Å². The lowest BCUT2D eigenvalue weighted by Gasteiger charge is -2.22. The number of fused-ring (bicyclic) bond motifs is 1. The van der Waals surface area contributed by atoms with E-state index in [0.29, 0.717) is 17.2 Å². The first-order valence-corrected chi connectivity index (χ1v) is 8.12. The molecule has 1 amide bonds. The highest BCUT2D eigenvalue weighted by atomic mass is 79.9. The number of anilines is 1. The predicted octanol–water partition coefficient (Wildman–Crippen LogP) is 3.15. The molecular formula is C14H15BrN2O2S. The predicted molar refractivity (Wildman–Crippen MR) is 85.2 cm³/mol. The van der Waals surface area contributed by atoms with Crippen molar-refractivity contribution in [1.29, 1.82) is 0 Å². The first kappa shape index (κ1) is 13.9. The normalized spacial score (nSPS) is 19.1. The molecule has 4 nitrogen and oxygen atoms in total. The van der Waals surface area contributed by atoms with E-state index in [9.17, 15) is 4.79 Å². The Morgan fingerprint density at radius 3 is 3.10 bits per heavy atom. The highest BCUT2D eigenvalue weighted by molar-refractivity contribution is 9.10. The molecule has 0 radical (unpaired) electrons. The first-order chi connectivity index (χ1) is 9.65. The van der Waals surface area contributed by atoms with Crippen LogP contribution >= 0.6 is 27.3 Å². The van der Waals surface area contributed by atoms with E-state index in [1.807, 2.05) is 18.2 Å². The summed E-state index contributed by atoms with van der Waals surface area (Å²) in [5.41, 5.74) is 6.67. The fourth-order valence-corrected chi connectivity index (χ4v) is 3.73. The van der Waals surface area contributed by atoms with Gasteiger partial charge in [-0.2, -0.15) is 0 Å². The van der Waals surface area contributed by atoms with E-state index >= 15 is 0 Å². The number of hydrogen-bond donors (Lipinski definition) is 2. The molecule has 3 rings (SSSR count). The Labute approximate surface area is 129 Å². The van der Waals surface area contributed by atoms with Crippen molar-refractivity contribution in [3.05, 3.63) is 27.5 Å². The van der Waals surface area contributed by atoms with Gasteiger partial charge in [0, 0.05) is 21.2 Å². The third kappa shape index (κ3) is 2.68. The summed E-state index contributed by atoms with van der Waals surface area (Å²) >= 11 is 4.86. The van der Waals surface area contributed by atoms with Crippen LogP contribution in [-0.4, -0.2) is 25.2 Å². The maximum absolute atomic E-state index is 12.3. The number of nitrogens with one attached hydrogen (secondary N) is 1. The van der Waals surface area contributed by atoms with Gasteiger partial charge >= 0.3 is 0 Å². The molecule has 1 aliphatic heterocycles. The molecule has 0 bridgehead atoms. The Kier molecular flexibility index (Phi) is 3.96. The van der Waals surface area contributed by atoms with Crippen LogP contribution < -0.4 is 11.1 Å². The van der Waals surface area contributed by atoms with Crippen LogP contribution in [0.1, 0.15) is 22.5 Å². The third-order valence-corrected chi connectivity index (χ3v) is 5.07. The average molecular weight is 355 g/mol. The van der Waals surface area contributed by atoms with Gasteiger partial charge < -0.3 is 15.8 Å². The molecule has 1 fully saturated rings. The van der Waals surface area contributed by atoms with Crippen LogP contribution in [0.3, 0.4) is 0 Å². The second-order valence-electron chi connectivity index (χ2n) is 4.87. The topological polar surface area (TPSA) is 64.4 Å². The summed E-state index contributed by atoms with van der Waals surface area (Å²) in [6, 6.07) is 5.96. The van der Waals surface area contributed by atoms with Gasteiger partial charge in [-0.25, -0.2) is 0 Å². The Balaban J connectivity index is 1.85. The quantitative estimate of drug-likeness (QED) is 0.870. The number of thiophene rings is 1. The standard InChI is InChI=1S/C14H15BrN2O2S/c15-8-3-4-11-10(6-8)12(16)13(20-11)14(18)17-9-2-1-5-19-7-9/h3-4,6,9H,1-2,5,7,16H2,(H,17,18). The summed E-state index contributed by atoms with van der Waals surface area (Å²) < 4.78 is 7.36. The lowest BCUT2D eigenvalue weighted by atomic mass is 10.1. The molecule has 1 aliphatic rings. The number of ether oxygens (including phenoxy) is 1. The van der Waals surface area contributed by atoms with Gasteiger partial charge in [0.05, 0.1) is 18.3 Å². The highest BCUT2D eigenvalue weighted by Gasteiger charge is 2.21. The van der Waals surface area contributed by atoms with E-state index < -0.39 is 0 Å². The van der Waals surface area contributed by atoms with Crippen molar-refractivity contribution in [3.8, 4) is 0 Å². The van der Waals surface area contributed by atoms with Crippen LogP contribution in [0.25, 0.3) is 10.1 Å². The summed E-state index contributed by atoms with van der Waals surface area (Å²) in [7, 11) is 0. The molecule has 0 saturated carbocycles. The number of amides is 1. The Morgan fingerprint density at radius 2 is 2.35 bits per heavy atom. The SMILES string of the molecule is Nc1c(C(=O)NC2CCCOC2)sc2ccc(Br)cc12. The van der Waals surface area contributed by atoms with Crippen molar-refractivity contribution < 1.29 is 9.53 Å². The molecule has 2 aromatic rings. The van der Waals surface area contributed by atoms with E-state index in [1.54, 1.807) is 0 Å². The number of nitrogens with two attached hydrogens (primary N) is 1. The molecule has 1 saturated heterocycles. The zero-order valence-corrected chi connectivity index (χ0v) is 13.2. The van der Waals surface area contributed by atoms with E-state index in [0.717, 1.165) is 34.0 Å². The van der Waals surface area contributed by atoms with E-state index in [1.165, 1.54) is 11.3 Å². The molecule has 0 aliphatic carbocycles. The van der Waals surface area contributed by atoms with Gasteiger partial charge in [-0.15, -0.1) is 11.3 Å². The zero-order valence-electron chi connectivity index (χ0n) is 10.8. The Hall–Kier alpha value is -1.11. The van der Waals surface area contributed by atoms with Gasteiger partial charge in [0.1, 0.15) is 4.88 Å². The summed E-state index contributed by atoms with van der Waals surface area (Å²) in [5, 5.41) is 3.93. The van der Waals surface area contributed by atoms with Crippen molar-refractivity contribution in [2.24, 2.45) is 0 Å². The number of nitrogen functional groups attached to an aromatic ring is 1. The number of carbonyl (C=O) groups is 1. The molecule has 1 unspecified atom stereocenters. The minimum atomic E-state index is -0.102. The van der Waals surface area contributed by atoms with E-state index in [2.05, 4.69) is 21.2 Å². The van der Waals surface area contributed by atoms with Gasteiger partial charge in [0.25, 0.3) is 5.91 Å². The fraction of sp³-hybridized carbons (Fsp3) is 0.357. The first-order valence-electron chi connectivity index (χ1n) is 6.51. The maximum atomic E-state index is 12.3. The Morgan fingerprint density at radius 1 is 1.50 bits per heavy atom. The summed E-state index contributed by atoms with van der Waals surface area (Å²) in [5.74, 6) is -0.102. The summed E-state index contributed by atoms with van der Waals surface area (Å²) in [6.07, 6.45) is 1.95. The van der Waals surface area contributed by atoms with Crippen LogP contribution in [0.15, 0.2) is 22.7 Å². The molecule has 1 atom stereocenters. The maximum Gasteiger partial charge on any atom is 0.263 e. The molecule has 3 N–H and O–H groups in total. The van der Waals surface area contributed by atoms with Gasteiger partial charge in [-0.05, 0) is 31.0 Å². The molecule has 6 heteroatoms. The Bertz CT molecular complexity index is 650. The fourth-order valence-electron chi connectivity index (χ4n) is 2.36. The zero-order chi connectivity index (χ0) is 14.1. The van der Waals surface area contributed by atoms with E-state index in [4.69, 9.17) is 10.5 Å². The third-order valence-electron chi connectivity index (χ3n) is 3.39. The number of halogens is 1. The van der Waals surface area contributed by atoms with Gasteiger partial charge in [0.15, 0.2) is 0 Å². The van der Waals surface area contributed by atoms with Crippen LogP contribution in [0.4, 0.5) is 5.69 Å². The average Bonchev–Trinajstić information content (AvgIpc) is 2.77. The minimum absolute atomic E-state index is 0.0904. The monoisotopic (exact) mass is 354 g/mol. The lowest BCUT2D eigenvalue weighted by Crippen LogP contribution is -2.40. The van der Waals surface area contributed by atoms with Crippen LogP contribution in [-0.2, 0) is 4.74 Å². The molecular weight excluding hydrogens is 340 g/mol. The van der Waals surface area contributed by atoms with Crippen LogP contribution in [0.2, 0.25) is 0 Å².